The average Bonchev–Trinajstić information content (AvgIpc) is 3.17. The molecule has 5 nitrogen and oxygen atoms in total. The van der Waals surface area contributed by atoms with E-state index in [-0.39, 0.29) is 5.91 Å². The van der Waals surface area contributed by atoms with Gasteiger partial charge in [0, 0.05) is 29.7 Å². The number of pyridine rings is 1. The minimum Gasteiger partial charge on any atom is -0.321 e. The summed E-state index contributed by atoms with van der Waals surface area (Å²) in [5.41, 5.74) is 1.29. The van der Waals surface area contributed by atoms with Gasteiger partial charge in [0.1, 0.15) is 0 Å². The first kappa shape index (κ1) is 14.1. The lowest BCUT2D eigenvalue weighted by atomic mass is 10.1. The monoisotopic (exact) mass is 314 g/mol. The third-order valence-corrected chi connectivity index (χ3v) is 3.79. The van der Waals surface area contributed by atoms with E-state index in [1.807, 2.05) is 48.5 Å². The average molecular weight is 314 g/mol. The molecule has 0 fully saturated rings. The Morgan fingerprint density at radius 2 is 1.83 bits per heavy atom. The highest BCUT2D eigenvalue weighted by molar-refractivity contribution is 6.09. The summed E-state index contributed by atoms with van der Waals surface area (Å²) in [5.74, 6) is 0.479. The lowest BCUT2D eigenvalue weighted by Gasteiger charge is -2.09. The first-order chi connectivity index (χ1) is 11.8. The molecule has 0 aliphatic carbocycles. The molecule has 2 heterocycles. The first-order valence-corrected chi connectivity index (χ1v) is 7.56. The smallest absolute Gasteiger partial charge is 0.257 e. The van der Waals surface area contributed by atoms with Gasteiger partial charge in [-0.05, 0) is 29.7 Å². The number of fused-ring (bicyclic) bond motifs is 1. The van der Waals surface area contributed by atoms with Crippen molar-refractivity contribution < 1.29 is 4.79 Å². The van der Waals surface area contributed by atoms with Gasteiger partial charge < -0.3 is 5.32 Å². The lowest BCUT2D eigenvalue weighted by molar-refractivity contribution is 0.102. The van der Waals surface area contributed by atoms with Gasteiger partial charge in [-0.25, -0.2) is 9.67 Å². The van der Waals surface area contributed by atoms with Crippen molar-refractivity contribution in [1.29, 1.82) is 0 Å². The molecule has 116 valence electrons. The van der Waals surface area contributed by atoms with Crippen LogP contribution < -0.4 is 5.32 Å². The quantitative estimate of drug-likeness (QED) is 0.627. The number of rotatable bonds is 3. The molecule has 1 amide bonds. The van der Waals surface area contributed by atoms with Crippen LogP contribution in [0.1, 0.15) is 10.4 Å². The van der Waals surface area contributed by atoms with Crippen molar-refractivity contribution >= 4 is 22.4 Å². The molecule has 0 spiro atoms. The van der Waals surface area contributed by atoms with Gasteiger partial charge in [-0.3, -0.25) is 4.79 Å². The van der Waals surface area contributed by atoms with Crippen LogP contribution in [0.25, 0.3) is 16.6 Å². The van der Waals surface area contributed by atoms with Crippen LogP contribution in [0, 0.1) is 0 Å². The summed E-state index contributed by atoms with van der Waals surface area (Å²) in [6.07, 6.45) is 5.04. The maximum absolute atomic E-state index is 12.5. The Balaban J connectivity index is 1.60. The molecule has 5 heteroatoms. The molecule has 0 saturated carbocycles. The van der Waals surface area contributed by atoms with Gasteiger partial charge >= 0.3 is 0 Å². The van der Waals surface area contributed by atoms with Crippen molar-refractivity contribution in [1.82, 2.24) is 14.8 Å². The number of hydrogen-bond acceptors (Lipinski definition) is 3. The summed E-state index contributed by atoms with van der Waals surface area (Å²) in [6, 6.07) is 19.1. The summed E-state index contributed by atoms with van der Waals surface area (Å²) in [6.45, 7) is 0. The highest BCUT2D eigenvalue weighted by Gasteiger charge is 2.09. The number of nitrogens with zero attached hydrogens (tertiary/aromatic N) is 3. The van der Waals surface area contributed by atoms with E-state index in [1.165, 1.54) is 0 Å². The van der Waals surface area contributed by atoms with Crippen LogP contribution in [0.3, 0.4) is 0 Å². The van der Waals surface area contributed by atoms with Gasteiger partial charge in [0.15, 0.2) is 5.82 Å². The Labute approximate surface area is 138 Å². The van der Waals surface area contributed by atoms with E-state index in [0.29, 0.717) is 11.4 Å². The highest BCUT2D eigenvalue weighted by atomic mass is 16.1. The second-order valence-corrected chi connectivity index (χ2v) is 5.34. The van der Waals surface area contributed by atoms with Gasteiger partial charge in [-0.15, -0.1) is 0 Å². The van der Waals surface area contributed by atoms with Crippen molar-refractivity contribution in [2.45, 2.75) is 0 Å². The standard InChI is InChI=1S/C19H14N4O/c24-19(15-9-10-18(20-13-15)23-12-4-11-21-23)22-17-8-3-6-14-5-1-2-7-16(14)17/h1-13H,(H,22,24). The number of carbonyl (C=O) groups excluding carboxylic acids is 1. The third-order valence-electron chi connectivity index (χ3n) is 3.79. The molecule has 0 aliphatic heterocycles. The summed E-state index contributed by atoms with van der Waals surface area (Å²) in [5, 5.41) is 9.16. The predicted octanol–water partition coefficient (Wildman–Crippen LogP) is 3.67. The van der Waals surface area contributed by atoms with Crippen molar-refractivity contribution in [2.75, 3.05) is 5.32 Å². The molecule has 0 saturated heterocycles. The number of hydrogen-bond donors (Lipinski definition) is 1. The van der Waals surface area contributed by atoms with Crippen LogP contribution in [-0.4, -0.2) is 20.7 Å². The van der Waals surface area contributed by atoms with E-state index in [4.69, 9.17) is 0 Å². The summed E-state index contributed by atoms with van der Waals surface area (Å²) in [4.78, 5) is 16.8. The van der Waals surface area contributed by atoms with Crippen molar-refractivity contribution in [3.05, 3.63) is 84.8 Å². The van der Waals surface area contributed by atoms with Crippen molar-refractivity contribution in [3.8, 4) is 5.82 Å². The fourth-order valence-electron chi connectivity index (χ4n) is 2.59. The largest absolute Gasteiger partial charge is 0.321 e. The molecular formula is C19H14N4O. The van der Waals surface area contributed by atoms with Crippen molar-refractivity contribution in [2.24, 2.45) is 0 Å². The summed E-state index contributed by atoms with van der Waals surface area (Å²) >= 11 is 0. The normalized spacial score (nSPS) is 10.7. The van der Waals surface area contributed by atoms with E-state index in [1.54, 1.807) is 35.4 Å². The second-order valence-electron chi connectivity index (χ2n) is 5.34. The minimum atomic E-state index is -0.189. The molecule has 2 aromatic heterocycles. The molecule has 4 rings (SSSR count). The van der Waals surface area contributed by atoms with E-state index < -0.39 is 0 Å². The summed E-state index contributed by atoms with van der Waals surface area (Å²) in [7, 11) is 0. The molecule has 2 aromatic carbocycles. The Morgan fingerprint density at radius 1 is 0.958 bits per heavy atom. The summed E-state index contributed by atoms with van der Waals surface area (Å²) < 4.78 is 1.65. The molecule has 1 N–H and O–H groups in total. The van der Waals surface area contributed by atoms with Gasteiger partial charge in [0.2, 0.25) is 0 Å². The van der Waals surface area contributed by atoms with Crippen LogP contribution >= 0.6 is 0 Å². The number of carbonyl (C=O) groups is 1. The van der Waals surface area contributed by atoms with E-state index in [9.17, 15) is 4.79 Å². The zero-order chi connectivity index (χ0) is 16.4. The number of nitrogens with one attached hydrogen (secondary N) is 1. The maximum atomic E-state index is 12.5. The SMILES string of the molecule is O=C(Nc1cccc2ccccc12)c1ccc(-n2cccn2)nc1. The second kappa shape index (κ2) is 5.96. The Kier molecular flexibility index (Phi) is 3.51. The molecule has 0 atom stereocenters. The van der Waals surface area contributed by atoms with E-state index >= 15 is 0 Å². The van der Waals surface area contributed by atoms with Crippen LogP contribution in [0.4, 0.5) is 5.69 Å². The topological polar surface area (TPSA) is 59.8 Å². The Hall–Kier alpha value is -3.47. The molecule has 0 unspecified atom stereocenters. The van der Waals surface area contributed by atoms with Crippen LogP contribution in [0.15, 0.2) is 79.3 Å². The molecule has 24 heavy (non-hydrogen) atoms. The van der Waals surface area contributed by atoms with Gasteiger partial charge in [0.25, 0.3) is 5.91 Å². The third kappa shape index (κ3) is 2.63. The number of anilines is 1. The molecule has 4 aromatic rings. The minimum absolute atomic E-state index is 0.189. The van der Waals surface area contributed by atoms with Gasteiger partial charge in [-0.2, -0.15) is 5.10 Å². The van der Waals surface area contributed by atoms with Crippen LogP contribution in [0.5, 0.6) is 0 Å². The van der Waals surface area contributed by atoms with Crippen molar-refractivity contribution in [3.63, 3.8) is 0 Å². The van der Waals surface area contributed by atoms with Gasteiger partial charge in [-0.1, -0.05) is 36.4 Å². The number of aromatic nitrogens is 3. The zero-order valence-electron chi connectivity index (χ0n) is 12.8. The highest BCUT2D eigenvalue weighted by Crippen LogP contribution is 2.23. The first-order valence-electron chi connectivity index (χ1n) is 7.56. The molecule has 0 bridgehead atoms. The predicted molar refractivity (Wildman–Crippen MR) is 93.3 cm³/mol. The van der Waals surface area contributed by atoms with E-state index in [0.717, 1.165) is 16.5 Å². The van der Waals surface area contributed by atoms with E-state index in [2.05, 4.69) is 15.4 Å². The fraction of sp³-hybridized carbons (Fsp3) is 0. The van der Waals surface area contributed by atoms with Gasteiger partial charge in [0.05, 0.1) is 5.56 Å². The lowest BCUT2D eigenvalue weighted by Crippen LogP contribution is -2.13. The molecule has 0 aliphatic rings. The number of benzene rings is 2. The molecular weight excluding hydrogens is 300 g/mol. The maximum Gasteiger partial charge on any atom is 0.257 e. The molecule has 0 radical (unpaired) electrons. The van der Waals surface area contributed by atoms with Crippen LogP contribution in [0.2, 0.25) is 0 Å². The zero-order valence-corrected chi connectivity index (χ0v) is 12.8. The Bertz CT molecular complexity index is 986. The Morgan fingerprint density at radius 3 is 2.62 bits per heavy atom. The fourth-order valence-corrected chi connectivity index (χ4v) is 2.59. The van der Waals surface area contributed by atoms with Crippen LogP contribution in [-0.2, 0) is 0 Å². The number of amides is 1.